The summed E-state index contributed by atoms with van der Waals surface area (Å²) in [5, 5.41) is 0.697. The predicted octanol–water partition coefficient (Wildman–Crippen LogP) is 3.68. The zero-order valence-corrected chi connectivity index (χ0v) is 20.2. The van der Waals surface area contributed by atoms with Gasteiger partial charge in [-0.2, -0.15) is 0 Å². The van der Waals surface area contributed by atoms with E-state index in [4.69, 9.17) is 16.3 Å². The fourth-order valence-electron chi connectivity index (χ4n) is 4.35. The lowest BCUT2D eigenvalue weighted by molar-refractivity contribution is -0.133. The van der Waals surface area contributed by atoms with Crippen LogP contribution < -0.4 is 14.4 Å². The lowest BCUT2D eigenvalue weighted by atomic mass is 9.96. The summed E-state index contributed by atoms with van der Waals surface area (Å²) >= 11 is 6.08. The monoisotopic (exact) mass is 491 g/mol. The molecule has 1 saturated heterocycles. The van der Waals surface area contributed by atoms with Gasteiger partial charge < -0.3 is 14.5 Å². The molecule has 0 spiro atoms. The molecule has 2 aliphatic rings. The van der Waals surface area contributed by atoms with Crippen LogP contribution in [0.1, 0.15) is 32.1 Å². The standard InChI is InChI=1S/C24H30ClN3O4S/c25-19-5-4-8-21(17-19)27-13-15-28(16-14-27)24(29)18-32-22-9-11-23(12-10-22)33(30,31)26-20-6-2-1-3-7-20/h4-5,8-12,17,20,26H,1-3,6-7,13-16,18H2. The Labute approximate surface area is 200 Å². The number of piperazine rings is 1. The van der Waals surface area contributed by atoms with Gasteiger partial charge in [-0.15, -0.1) is 0 Å². The van der Waals surface area contributed by atoms with Crippen molar-refractivity contribution in [2.45, 2.75) is 43.0 Å². The summed E-state index contributed by atoms with van der Waals surface area (Å²) in [6, 6.07) is 14.0. The van der Waals surface area contributed by atoms with E-state index in [1.165, 1.54) is 18.6 Å². The summed E-state index contributed by atoms with van der Waals surface area (Å²) in [7, 11) is -3.55. The number of anilines is 1. The first kappa shape index (κ1) is 23.9. The van der Waals surface area contributed by atoms with Crippen LogP contribution in [0.2, 0.25) is 5.02 Å². The van der Waals surface area contributed by atoms with E-state index in [-0.39, 0.29) is 23.5 Å². The maximum Gasteiger partial charge on any atom is 0.260 e. The maximum atomic E-state index is 12.6. The summed E-state index contributed by atoms with van der Waals surface area (Å²) < 4.78 is 33.6. The van der Waals surface area contributed by atoms with E-state index in [1.54, 1.807) is 17.0 Å². The Morgan fingerprint density at radius 3 is 2.36 bits per heavy atom. The molecule has 4 rings (SSSR count). The van der Waals surface area contributed by atoms with E-state index in [0.717, 1.165) is 44.5 Å². The van der Waals surface area contributed by atoms with Crippen molar-refractivity contribution in [2.75, 3.05) is 37.7 Å². The normalized spacial score (nSPS) is 17.7. The fraction of sp³-hybridized carbons (Fsp3) is 0.458. The third-order valence-electron chi connectivity index (χ3n) is 6.23. The van der Waals surface area contributed by atoms with Gasteiger partial charge in [-0.1, -0.05) is 36.9 Å². The van der Waals surface area contributed by atoms with Crippen molar-refractivity contribution < 1.29 is 17.9 Å². The van der Waals surface area contributed by atoms with Gasteiger partial charge in [-0.3, -0.25) is 4.79 Å². The van der Waals surface area contributed by atoms with Crippen molar-refractivity contribution in [3.8, 4) is 5.75 Å². The van der Waals surface area contributed by atoms with E-state index in [2.05, 4.69) is 9.62 Å². The second-order valence-electron chi connectivity index (χ2n) is 8.56. The molecule has 1 N–H and O–H groups in total. The summed E-state index contributed by atoms with van der Waals surface area (Å²) in [5.41, 5.74) is 1.05. The average molecular weight is 492 g/mol. The van der Waals surface area contributed by atoms with Gasteiger partial charge in [0, 0.05) is 42.9 Å². The second-order valence-corrected chi connectivity index (χ2v) is 10.7. The van der Waals surface area contributed by atoms with Crippen molar-refractivity contribution in [1.82, 2.24) is 9.62 Å². The van der Waals surface area contributed by atoms with E-state index >= 15 is 0 Å². The number of carbonyl (C=O) groups is 1. The van der Waals surface area contributed by atoms with E-state index in [0.29, 0.717) is 23.9 Å². The van der Waals surface area contributed by atoms with Gasteiger partial charge in [-0.25, -0.2) is 13.1 Å². The Kier molecular flexibility index (Phi) is 7.78. The van der Waals surface area contributed by atoms with Crippen LogP contribution >= 0.6 is 11.6 Å². The molecule has 1 aliphatic carbocycles. The van der Waals surface area contributed by atoms with Crippen LogP contribution in [-0.2, 0) is 14.8 Å². The van der Waals surface area contributed by atoms with E-state index in [1.807, 2.05) is 24.3 Å². The van der Waals surface area contributed by atoms with Crippen molar-refractivity contribution in [2.24, 2.45) is 0 Å². The zero-order valence-electron chi connectivity index (χ0n) is 18.6. The number of nitrogens with one attached hydrogen (secondary N) is 1. The molecule has 0 bridgehead atoms. The molecule has 1 aliphatic heterocycles. The molecule has 2 aromatic carbocycles. The number of hydrogen-bond donors (Lipinski definition) is 1. The summed E-state index contributed by atoms with van der Waals surface area (Å²) in [6.07, 6.45) is 5.06. The van der Waals surface area contributed by atoms with Gasteiger partial charge >= 0.3 is 0 Å². The Balaban J connectivity index is 1.25. The third kappa shape index (κ3) is 6.40. The van der Waals surface area contributed by atoms with Gasteiger partial charge in [0.25, 0.3) is 5.91 Å². The smallest absolute Gasteiger partial charge is 0.260 e. The van der Waals surface area contributed by atoms with Crippen LogP contribution in [0.25, 0.3) is 0 Å². The molecule has 7 nitrogen and oxygen atoms in total. The summed E-state index contributed by atoms with van der Waals surface area (Å²) in [4.78, 5) is 16.8. The van der Waals surface area contributed by atoms with Gasteiger partial charge in [0.1, 0.15) is 5.75 Å². The topological polar surface area (TPSA) is 78.9 Å². The summed E-state index contributed by atoms with van der Waals surface area (Å²) in [6.45, 7) is 2.60. The first-order valence-corrected chi connectivity index (χ1v) is 13.3. The van der Waals surface area contributed by atoms with Crippen LogP contribution in [0.4, 0.5) is 5.69 Å². The largest absolute Gasteiger partial charge is 0.484 e. The van der Waals surface area contributed by atoms with Crippen molar-refractivity contribution in [3.05, 3.63) is 53.6 Å². The van der Waals surface area contributed by atoms with Gasteiger partial charge in [0.05, 0.1) is 4.90 Å². The molecular weight excluding hydrogens is 462 g/mol. The average Bonchev–Trinajstić information content (AvgIpc) is 2.83. The molecule has 9 heteroatoms. The molecule has 178 valence electrons. The highest BCUT2D eigenvalue weighted by Crippen LogP contribution is 2.22. The number of halogens is 1. The second kappa shape index (κ2) is 10.8. The highest BCUT2D eigenvalue weighted by molar-refractivity contribution is 7.89. The van der Waals surface area contributed by atoms with Crippen LogP contribution in [0.3, 0.4) is 0 Å². The fourth-order valence-corrected chi connectivity index (χ4v) is 5.84. The number of nitrogens with zero attached hydrogens (tertiary/aromatic N) is 2. The number of rotatable bonds is 7. The lowest BCUT2D eigenvalue weighted by Crippen LogP contribution is -2.50. The molecular formula is C24H30ClN3O4S. The van der Waals surface area contributed by atoms with Crippen molar-refractivity contribution in [3.63, 3.8) is 0 Å². The molecule has 1 heterocycles. The Bertz CT molecular complexity index is 1050. The van der Waals surface area contributed by atoms with Crippen LogP contribution in [0.15, 0.2) is 53.4 Å². The number of amides is 1. The highest BCUT2D eigenvalue weighted by Gasteiger charge is 2.23. The zero-order chi connectivity index (χ0) is 23.3. The SMILES string of the molecule is O=C(COc1ccc(S(=O)(=O)NC2CCCCC2)cc1)N1CCN(c2cccc(Cl)c2)CC1. The molecule has 0 atom stereocenters. The number of ether oxygens (including phenoxy) is 1. The minimum absolute atomic E-state index is 0.0108. The Morgan fingerprint density at radius 1 is 1.00 bits per heavy atom. The molecule has 0 unspecified atom stereocenters. The molecule has 1 saturated carbocycles. The minimum Gasteiger partial charge on any atom is -0.484 e. The number of sulfonamides is 1. The minimum atomic E-state index is -3.55. The number of carbonyl (C=O) groups excluding carboxylic acids is 1. The number of benzene rings is 2. The Hall–Kier alpha value is -2.29. The highest BCUT2D eigenvalue weighted by atomic mass is 35.5. The van der Waals surface area contributed by atoms with Crippen LogP contribution in [-0.4, -0.2) is 58.1 Å². The third-order valence-corrected chi connectivity index (χ3v) is 8.00. The molecule has 33 heavy (non-hydrogen) atoms. The van der Waals surface area contributed by atoms with Crippen LogP contribution in [0, 0.1) is 0 Å². The van der Waals surface area contributed by atoms with Crippen molar-refractivity contribution >= 4 is 33.2 Å². The summed E-state index contributed by atoms with van der Waals surface area (Å²) in [5.74, 6) is 0.383. The molecule has 2 fully saturated rings. The van der Waals surface area contributed by atoms with E-state index in [9.17, 15) is 13.2 Å². The van der Waals surface area contributed by atoms with Crippen molar-refractivity contribution in [1.29, 1.82) is 0 Å². The van der Waals surface area contributed by atoms with E-state index < -0.39 is 10.0 Å². The molecule has 1 amide bonds. The molecule has 0 aromatic heterocycles. The maximum absolute atomic E-state index is 12.6. The van der Waals surface area contributed by atoms with Crippen LogP contribution in [0.5, 0.6) is 5.75 Å². The van der Waals surface area contributed by atoms with Gasteiger partial charge in [0.15, 0.2) is 6.61 Å². The lowest BCUT2D eigenvalue weighted by Gasteiger charge is -2.36. The van der Waals surface area contributed by atoms with Gasteiger partial charge in [-0.05, 0) is 55.3 Å². The predicted molar refractivity (Wildman–Crippen MR) is 129 cm³/mol. The molecule has 0 radical (unpaired) electrons. The number of hydrogen-bond acceptors (Lipinski definition) is 5. The Morgan fingerprint density at radius 2 is 1.70 bits per heavy atom. The first-order valence-electron chi connectivity index (χ1n) is 11.4. The molecule has 2 aromatic rings. The quantitative estimate of drug-likeness (QED) is 0.639. The van der Waals surface area contributed by atoms with Gasteiger partial charge in [0.2, 0.25) is 10.0 Å². The first-order chi connectivity index (χ1) is 15.9.